The van der Waals surface area contributed by atoms with E-state index in [1.54, 1.807) is 0 Å². The third kappa shape index (κ3) is 2.62. The fraction of sp³-hybridized carbons (Fsp3) is 0.533. The molecule has 3 aliphatic heterocycles. The van der Waals surface area contributed by atoms with E-state index in [2.05, 4.69) is 4.90 Å². The number of nitrogens with zero attached hydrogens (tertiary/aromatic N) is 2. The Morgan fingerprint density at radius 3 is 2.68 bits per heavy atom. The summed E-state index contributed by atoms with van der Waals surface area (Å²) in [6.45, 7) is 2.67. The standard InChI is InChI=1S/C15H19ClN3O3/c1-22-14-7-12(17)11(16)6-10(14)15(20)19(21)13-8-18-4-2-9(13)3-5-18/h6-7,9,13H,2-5,8,17H2,1H3/q-1. The maximum atomic E-state index is 12.6. The monoisotopic (exact) mass is 324 g/mol. The van der Waals surface area contributed by atoms with E-state index in [-0.39, 0.29) is 28.3 Å². The Hall–Kier alpha value is -1.50. The van der Waals surface area contributed by atoms with Crippen LogP contribution in [0.25, 0.3) is 0 Å². The van der Waals surface area contributed by atoms with Gasteiger partial charge in [-0.25, -0.2) is 0 Å². The summed E-state index contributed by atoms with van der Waals surface area (Å²) in [4.78, 5) is 14.8. The van der Waals surface area contributed by atoms with Crippen LogP contribution in [-0.4, -0.2) is 48.7 Å². The normalized spacial score (nSPS) is 26.8. The minimum atomic E-state index is -0.613. The van der Waals surface area contributed by atoms with Gasteiger partial charge in [0.15, 0.2) is 0 Å². The first-order chi connectivity index (χ1) is 10.5. The van der Waals surface area contributed by atoms with Crippen LogP contribution in [-0.2, 0) is 0 Å². The third-order valence-corrected chi connectivity index (χ3v) is 5.00. The van der Waals surface area contributed by atoms with Crippen LogP contribution >= 0.6 is 11.6 Å². The molecule has 0 spiro atoms. The van der Waals surface area contributed by atoms with Crippen molar-refractivity contribution in [3.8, 4) is 5.75 Å². The van der Waals surface area contributed by atoms with Crippen LogP contribution in [0.3, 0.4) is 0 Å². The molecule has 6 nitrogen and oxygen atoms in total. The van der Waals surface area contributed by atoms with Gasteiger partial charge in [-0.2, -0.15) is 0 Å². The van der Waals surface area contributed by atoms with E-state index < -0.39 is 5.91 Å². The van der Waals surface area contributed by atoms with E-state index in [0.717, 1.165) is 25.9 Å². The predicted octanol–water partition coefficient (Wildman–Crippen LogP) is 1.97. The van der Waals surface area contributed by atoms with Crippen molar-refractivity contribution in [2.24, 2.45) is 5.92 Å². The maximum Gasteiger partial charge on any atom is 0.247 e. The molecule has 1 atom stereocenters. The van der Waals surface area contributed by atoms with Gasteiger partial charge in [0, 0.05) is 18.7 Å². The topological polar surface area (TPSA) is 81.9 Å². The summed E-state index contributed by atoms with van der Waals surface area (Å²) >= 11 is 5.98. The number of rotatable bonds is 3. The van der Waals surface area contributed by atoms with Crippen molar-refractivity contribution in [2.45, 2.75) is 18.9 Å². The molecular formula is C15H19ClN3O3-. The van der Waals surface area contributed by atoms with Crippen LogP contribution in [0.4, 0.5) is 5.69 Å². The van der Waals surface area contributed by atoms with E-state index in [9.17, 15) is 10.0 Å². The number of amides is 1. The molecule has 2 bridgehead atoms. The van der Waals surface area contributed by atoms with Crippen molar-refractivity contribution in [3.63, 3.8) is 0 Å². The summed E-state index contributed by atoms with van der Waals surface area (Å²) in [6, 6.07) is 2.58. The van der Waals surface area contributed by atoms with E-state index in [0.29, 0.717) is 17.3 Å². The molecule has 0 radical (unpaired) electrons. The Labute approximate surface area is 134 Å². The smallest absolute Gasteiger partial charge is 0.247 e. The maximum absolute atomic E-state index is 12.6. The second-order valence-electron chi connectivity index (χ2n) is 5.91. The number of nitrogens with two attached hydrogens (primary N) is 1. The number of carbonyl (C=O) groups excluding carboxylic acids is 1. The molecule has 0 saturated carbocycles. The quantitative estimate of drug-likeness (QED) is 0.679. The van der Waals surface area contributed by atoms with Crippen molar-refractivity contribution in [2.75, 3.05) is 32.5 Å². The first kappa shape index (κ1) is 15.4. The number of anilines is 1. The highest BCUT2D eigenvalue weighted by molar-refractivity contribution is 6.33. The van der Waals surface area contributed by atoms with Gasteiger partial charge >= 0.3 is 0 Å². The van der Waals surface area contributed by atoms with Gasteiger partial charge in [-0.05, 0) is 37.9 Å². The van der Waals surface area contributed by atoms with Crippen molar-refractivity contribution >= 4 is 23.2 Å². The van der Waals surface area contributed by atoms with E-state index in [1.165, 1.54) is 19.2 Å². The zero-order valence-corrected chi connectivity index (χ0v) is 13.2. The fourth-order valence-corrected chi connectivity index (χ4v) is 3.54. The van der Waals surface area contributed by atoms with Crippen LogP contribution in [0.15, 0.2) is 12.1 Å². The van der Waals surface area contributed by atoms with Crippen molar-refractivity contribution in [3.05, 3.63) is 27.9 Å². The third-order valence-electron chi connectivity index (χ3n) is 4.67. The Balaban J connectivity index is 1.86. The van der Waals surface area contributed by atoms with E-state index in [1.807, 2.05) is 0 Å². The Bertz CT molecular complexity index is 588. The molecule has 22 heavy (non-hydrogen) atoms. The van der Waals surface area contributed by atoms with Crippen LogP contribution < -0.4 is 10.5 Å². The Morgan fingerprint density at radius 2 is 2.14 bits per heavy atom. The minimum Gasteiger partial charge on any atom is -0.756 e. The molecule has 1 amide bonds. The zero-order valence-electron chi connectivity index (χ0n) is 12.4. The van der Waals surface area contributed by atoms with Gasteiger partial charge in [-0.1, -0.05) is 11.6 Å². The Morgan fingerprint density at radius 1 is 1.45 bits per heavy atom. The number of methoxy groups -OCH3 is 1. The molecule has 0 aromatic heterocycles. The van der Waals surface area contributed by atoms with Crippen molar-refractivity contribution in [1.82, 2.24) is 9.96 Å². The highest BCUT2D eigenvalue weighted by atomic mass is 35.5. The molecule has 3 heterocycles. The molecule has 1 aromatic rings. The molecule has 2 N–H and O–H groups in total. The molecule has 0 aliphatic carbocycles. The summed E-state index contributed by atoms with van der Waals surface area (Å²) in [7, 11) is 1.43. The van der Waals surface area contributed by atoms with Gasteiger partial charge in [0.2, 0.25) is 5.91 Å². The largest absolute Gasteiger partial charge is 0.756 e. The molecule has 3 fully saturated rings. The lowest BCUT2D eigenvalue weighted by molar-refractivity contribution is 0.0229. The molecule has 7 heteroatoms. The molecule has 3 aliphatic rings. The Kier molecular flexibility index (Phi) is 4.16. The lowest BCUT2D eigenvalue weighted by Gasteiger charge is -2.51. The average molecular weight is 325 g/mol. The predicted molar refractivity (Wildman–Crippen MR) is 84.9 cm³/mol. The van der Waals surface area contributed by atoms with Crippen LogP contribution in [0, 0.1) is 11.1 Å². The summed E-state index contributed by atoms with van der Waals surface area (Å²) in [5.41, 5.74) is 6.19. The number of nitrogen functional groups attached to an aromatic ring is 1. The number of fused-ring (bicyclic) bond motifs is 3. The number of hydroxylamine groups is 2. The SMILES string of the molecule is COc1cc(N)c(Cl)cc1C(=O)N([O-])C1CN2CCC1CC2. The molecule has 4 rings (SSSR count). The first-order valence-corrected chi connectivity index (χ1v) is 7.75. The molecule has 3 saturated heterocycles. The second kappa shape index (κ2) is 5.95. The minimum absolute atomic E-state index is 0.160. The van der Waals surface area contributed by atoms with E-state index >= 15 is 0 Å². The number of hydrogen-bond donors (Lipinski definition) is 1. The van der Waals surface area contributed by atoms with Gasteiger partial charge in [-0.15, -0.1) is 0 Å². The first-order valence-electron chi connectivity index (χ1n) is 7.37. The van der Waals surface area contributed by atoms with Gasteiger partial charge in [0.1, 0.15) is 5.75 Å². The van der Waals surface area contributed by atoms with Crippen LogP contribution in [0.5, 0.6) is 5.75 Å². The van der Waals surface area contributed by atoms with Gasteiger partial charge in [0.05, 0.1) is 23.4 Å². The highest BCUT2D eigenvalue weighted by Gasteiger charge is 2.36. The van der Waals surface area contributed by atoms with Gasteiger partial charge < -0.3 is 25.6 Å². The van der Waals surface area contributed by atoms with Crippen LogP contribution in [0.1, 0.15) is 23.2 Å². The number of piperidine rings is 3. The van der Waals surface area contributed by atoms with Gasteiger partial charge in [0.25, 0.3) is 0 Å². The number of carbonyl (C=O) groups is 1. The number of benzene rings is 1. The summed E-state index contributed by atoms with van der Waals surface area (Å²) in [5, 5.41) is 13.4. The van der Waals surface area contributed by atoms with Crippen LogP contribution in [0.2, 0.25) is 5.02 Å². The average Bonchev–Trinajstić information content (AvgIpc) is 2.56. The van der Waals surface area contributed by atoms with Crippen molar-refractivity contribution < 1.29 is 9.53 Å². The summed E-state index contributed by atoms with van der Waals surface area (Å²) in [6.07, 6.45) is 1.94. The molecular weight excluding hydrogens is 306 g/mol. The second-order valence-corrected chi connectivity index (χ2v) is 6.32. The number of halogens is 1. The zero-order chi connectivity index (χ0) is 15.9. The number of ether oxygens (including phenoxy) is 1. The number of hydrogen-bond acceptors (Lipinski definition) is 5. The molecule has 1 unspecified atom stereocenters. The molecule has 1 aromatic carbocycles. The summed E-state index contributed by atoms with van der Waals surface area (Å²) < 4.78 is 5.17. The fourth-order valence-electron chi connectivity index (χ4n) is 3.37. The van der Waals surface area contributed by atoms with Gasteiger partial charge in [-0.3, -0.25) is 4.79 Å². The highest BCUT2D eigenvalue weighted by Crippen LogP contribution is 2.34. The summed E-state index contributed by atoms with van der Waals surface area (Å²) in [5.74, 6) is -0.0618. The van der Waals surface area contributed by atoms with Crippen molar-refractivity contribution in [1.29, 1.82) is 0 Å². The lowest BCUT2D eigenvalue weighted by Crippen LogP contribution is -2.57. The molecule has 120 valence electrons. The van der Waals surface area contributed by atoms with E-state index in [4.69, 9.17) is 22.1 Å². The lowest BCUT2D eigenvalue weighted by atomic mass is 9.83.